The zero-order valence-corrected chi connectivity index (χ0v) is 16.7. The Hall–Kier alpha value is -3.17. The minimum atomic E-state index is -0.562. The minimum absolute atomic E-state index is 0.0914. The minimum Gasteiger partial charge on any atom is -0.495 e. The highest BCUT2D eigenvalue weighted by molar-refractivity contribution is 6.32. The van der Waals surface area contributed by atoms with Crippen LogP contribution in [0, 0.1) is 11.3 Å². The summed E-state index contributed by atoms with van der Waals surface area (Å²) in [6.45, 7) is 2.48. The molecule has 0 aliphatic carbocycles. The lowest BCUT2D eigenvalue weighted by Gasteiger charge is -2.13. The average molecular weight is 401 g/mol. The maximum Gasteiger partial charge on any atom is 0.266 e. The third-order valence-electron chi connectivity index (χ3n) is 3.73. The van der Waals surface area contributed by atoms with E-state index in [1.54, 1.807) is 36.4 Å². The van der Waals surface area contributed by atoms with E-state index >= 15 is 0 Å². The second-order valence-corrected chi connectivity index (χ2v) is 6.11. The first-order valence-electron chi connectivity index (χ1n) is 8.60. The number of rotatable bonds is 8. The van der Waals surface area contributed by atoms with Crippen molar-refractivity contribution < 1.29 is 19.0 Å². The quantitative estimate of drug-likeness (QED) is 0.513. The van der Waals surface area contributed by atoms with Gasteiger partial charge in [-0.1, -0.05) is 30.7 Å². The van der Waals surface area contributed by atoms with E-state index in [0.717, 1.165) is 6.42 Å². The van der Waals surface area contributed by atoms with Crippen LogP contribution < -0.4 is 19.5 Å². The second kappa shape index (κ2) is 10.2. The van der Waals surface area contributed by atoms with Crippen LogP contribution >= 0.6 is 11.6 Å². The van der Waals surface area contributed by atoms with Gasteiger partial charge in [0.2, 0.25) is 0 Å². The fourth-order valence-electron chi connectivity index (χ4n) is 2.42. The molecule has 1 amide bonds. The topological polar surface area (TPSA) is 80.6 Å². The van der Waals surface area contributed by atoms with Crippen LogP contribution in [0.15, 0.2) is 42.0 Å². The molecular formula is C21H21ClN2O4. The van der Waals surface area contributed by atoms with Crippen LogP contribution in [0.3, 0.4) is 0 Å². The van der Waals surface area contributed by atoms with Gasteiger partial charge >= 0.3 is 0 Å². The van der Waals surface area contributed by atoms with Crippen molar-refractivity contribution in [2.24, 2.45) is 0 Å². The van der Waals surface area contributed by atoms with Crippen LogP contribution in [0.5, 0.6) is 17.2 Å². The average Bonchev–Trinajstić information content (AvgIpc) is 2.71. The molecule has 0 unspecified atom stereocenters. The van der Waals surface area contributed by atoms with Crippen molar-refractivity contribution in [3.8, 4) is 23.3 Å². The molecular weight excluding hydrogens is 380 g/mol. The van der Waals surface area contributed by atoms with E-state index in [-0.39, 0.29) is 5.57 Å². The summed E-state index contributed by atoms with van der Waals surface area (Å²) in [6, 6.07) is 12.1. The summed E-state index contributed by atoms with van der Waals surface area (Å²) >= 11 is 6.29. The zero-order valence-electron chi connectivity index (χ0n) is 15.9. The molecule has 2 rings (SSSR count). The first-order valence-corrected chi connectivity index (χ1v) is 8.98. The molecule has 0 heterocycles. The van der Waals surface area contributed by atoms with Crippen LogP contribution in [0.2, 0.25) is 5.02 Å². The predicted octanol–water partition coefficient (Wildman–Crippen LogP) is 4.69. The van der Waals surface area contributed by atoms with Gasteiger partial charge in [0.15, 0.2) is 11.5 Å². The molecule has 0 fully saturated rings. The number of carbonyl (C=O) groups excluding carboxylic acids is 1. The van der Waals surface area contributed by atoms with Crippen LogP contribution in [0.4, 0.5) is 5.69 Å². The molecule has 7 heteroatoms. The molecule has 0 atom stereocenters. The van der Waals surface area contributed by atoms with E-state index in [0.29, 0.717) is 40.1 Å². The number of hydrogen-bond donors (Lipinski definition) is 1. The predicted molar refractivity (Wildman–Crippen MR) is 109 cm³/mol. The zero-order chi connectivity index (χ0) is 20.5. The summed E-state index contributed by atoms with van der Waals surface area (Å²) in [5.41, 5.74) is 0.916. The van der Waals surface area contributed by atoms with Crippen molar-refractivity contribution in [1.82, 2.24) is 0 Å². The Morgan fingerprint density at radius 3 is 2.57 bits per heavy atom. The Kier molecular flexibility index (Phi) is 7.73. The van der Waals surface area contributed by atoms with Gasteiger partial charge in [0, 0.05) is 0 Å². The largest absolute Gasteiger partial charge is 0.495 e. The van der Waals surface area contributed by atoms with Crippen LogP contribution in [0.1, 0.15) is 18.9 Å². The van der Waals surface area contributed by atoms with Crippen molar-refractivity contribution in [3.63, 3.8) is 0 Å². The van der Waals surface area contributed by atoms with Crippen LogP contribution in [-0.4, -0.2) is 26.7 Å². The van der Waals surface area contributed by atoms with Crippen molar-refractivity contribution in [1.29, 1.82) is 5.26 Å². The number of hydrogen-bond acceptors (Lipinski definition) is 5. The number of carbonyl (C=O) groups is 1. The highest BCUT2D eigenvalue weighted by Crippen LogP contribution is 2.37. The Morgan fingerprint density at radius 1 is 1.21 bits per heavy atom. The summed E-state index contributed by atoms with van der Waals surface area (Å²) in [5.74, 6) is 0.790. The van der Waals surface area contributed by atoms with Crippen molar-refractivity contribution >= 4 is 29.3 Å². The van der Waals surface area contributed by atoms with Gasteiger partial charge < -0.3 is 19.5 Å². The molecule has 0 spiro atoms. The SMILES string of the molecule is CCCOc1c(Cl)cc(/C=C(\C#N)C(=O)Nc2ccccc2OC)cc1OC. The van der Waals surface area contributed by atoms with Gasteiger partial charge in [-0.15, -0.1) is 0 Å². The van der Waals surface area contributed by atoms with E-state index in [9.17, 15) is 10.1 Å². The number of ether oxygens (including phenoxy) is 3. The van der Waals surface area contributed by atoms with E-state index in [1.165, 1.54) is 20.3 Å². The lowest BCUT2D eigenvalue weighted by atomic mass is 10.1. The third kappa shape index (κ3) is 5.18. The van der Waals surface area contributed by atoms with Gasteiger partial charge in [-0.3, -0.25) is 4.79 Å². The molecule has 0 aliphatic heterocycles. The molecule has 0 bridgehead atoms. The molecule has 28 heavy (non-hydrogen) atoms. The number of nitrogens with zero attached hydrogens (tertiary/aromatic N) is 1. The normalized spacial score (nSPS) is 10.8. The maximum atomic E-state index is 12.5. The standard InChI is InChI=1S/C21H21ClN2O4/c1-4-9-28-20-16(22)11-14(12-19(20)27-3)10-15(13-23)21(25)24-17-7-5-6-8-18(17)26-2/h5-8,10-12H,4,9H2,1-3H3,(H,24,25)/b15-10+. The molecule has 146 valence electrons. The monoisotopic (exact) mass is 400 g/mol. The number of nitrogens with one attached hydrogen (secondary N) is 1. The first kappa shape index (κ1) is 21.1. The smallest absolute Gasteiger partial charge is 0.266 e. The summed E-state index contributed by atoms with van der Waals surface area (Å²) in [4.78, 5) is 12.5. The number of methoxy groups -OCH3 is 2. The lowest BCUT2D eigenvalue weighted by Crippen LogP contribution is -2.14. The fourth-order valence-corrected chi connectivity index (χ4v) is 2.69. The first-order chi connectivity index (χ1) is 13.5. The lowest BCUT2D eigenvalue weighted by molar-refractivity contribution is -0.112. The molecule has 6 nitrogen and oxygen atoms in total. The van der Waals surface area contributed by atoms with Crippen molar-refractivity contribution in [2.75, 3.05) is 26.1 Å². The molecule has 0 saturated heterocycles. The number of halogens is 1. The summed E-state index contributed by atoms with van der Waals surface area (Å²) in [6.07, 6.45) is 2.26. The van der Waals surface area contributed by atoms with Crippen molar-refractivity contribution in [3.05, 3.63) is 52.6 Å². The van der Waals surface area contributed by atoms with Gasteiger partial charge in [0.1, 0.15) is 17.4 Å². The summed E-state index contributed by atoms with van der Waals surface area (Å²) < 4.78 is 16.1. The van der Waals surface area contributed by atoms with Gasteiger partial charge in [0.05, 0.1) is 31.5 Å². The van der Waals surface area contributed by atoms with Crippen LogP contribution in [-0.2, 0) is 4.79 Å². The summed E-state index contributed by atoms with van der Waals surface area (Å²) in [5, 5.41) is 12.4. The summed E-state index contributed by atoms with van der Waals surface area (Å²) in [7, 11) is 3.00. The number of amides is 1. The number of para-hydroxylation sites is 2. The number of benzene rings is 2. The molecule has 0 saturated carbocycles. The Balaban J connectivity index is 2.32. The Morgan fingerprint density at radius 2 is 1.93 bits per heavy atom. The van der Waals surface area contributed by atoms with E-state index in [1.807, 2.05) is 13.0 Å². The fraction of sp³-hybridized carbons (Fsp3) is 0.238. The van der Waals surface area contributed by atoms with E-state index < -0.39 is 5.91 Å². The molecule has 2 aromatic rings. The van der Waals surface area contributed by atoms with Gasteiger partial charge in [0.25, 0.3) is 5.91 Å². The van der Waals surface area contributed by atoms with E-state index in [4.69, 9.17) is 25.8 Å². The Labute approximate surface area is 169 Å². The highest BCUT2D eigenvalue weighted by Gasteiger charge is 2.15. The van der Waals surface area contributed by atoms with Crippen molar-refractivity contribution in [2.45, 2.75) is 13.3 Å². The molecule has 2 aromatic carbocycles. The molecule has 1 N–H and O–H groups in total. The molecule has 0 radical (unpaired) electrons. The Bertz CT molecular complexity index is 919. The van der Waals surface area contributed by atoms with Crippen LogP contribution in [0.25, 0.3) is 6.08 Å². The second-order valence-electron chi connectivity index (χ2n) is 5.71. The van der Waals surface area contributed by atoms with Gasteiger partial charge in [-0.2, -0.15) is 5.26 Å². The number of nitriles is 1. The molecule has 0 aliphatic rings. The highest BCUT2D eigenvalue weighted by atomic mass is 35.5. The van der Waals surface area contributed by atoms with E-state index in [2.05, 4.69) is 5.32 Å². The van der Waals surface area contributed by atoms with Gasteiger partial charge in [-0.05, 0) is 42.3 Å². The number of anilines is 1. The third-order valence-corrected chi connectivity index (χ3v) is 4.01. The maximum absolute atomic E-state index is 12.5. The van der Waals surface area contributed by atoms with Gasteiger partial charge in [-0.25, -0.2) is 0 Å². The molecule has 0 aromatic heterocycles.